The van der Waals surface area contributed by atoms with Crippen molar-refractivity contribution in [2.45, 2.75) is 37.7 Å². The standard InChI is InChI=1S/C18H20ClNO6/c1-22-14-12(13(19)15(23-2)17-16(14)24-9-25-17)10-8-11(26-20-10)18(21)6-4-3-5-7-18/h8,21H,3-7,9H2,1-2H3. The first kappa shape index (κ1) is 17.3. The zero-order valence-electron chi connectivity index (χ0n) is 14.6. The maximum Gasteiger partial charge on any atom is 0.231 e. The molecular formula is C18H20ClNO6. The number of halogens is 1. The van der Waals surface area contributed by atoms with Gasteiger partial charge in [0.05, 0.1) is 19.8 Å². The van der Waals surface area contributed by atoms with Crippen molar-refractivity contribution >= 4 is 11.6 Å². The lowest BCUT2D eigenvalue weighted by Gasteiger charge is -2.29. The lowest BCUT2D eigenvalue weighted by Crippen LogP contribution is -2.27. The van der Waals surface area contributed by atoms with E-state index in [1.54, 1.807) is 6.07 Å². The van der Waals surface area contributed by atoms with Crippen molar-refractivity contribution in [3.8, 4) is 34.3 Å². The molecule has 1 aromatic carbocycles. The molecule has 4 rings (SSSR count). The molecule has 0 radical (unpaired) electrons. The minimum Gasteiger partial charge on any atom is -0.492 e. The molecule has 1 aliphatic carbocycles. The van der Waals surface area contributed by atoms with E-state index >= 15 is 0 Å². The van der Waals surface area contributed by atoms with Gasteiger partial charge in [-0.25, -0.2) is 0 Å². The third-order valence-corrected chi connectivity index (χ3v) is 5.35. The predicted octanol–water partition coefficient (Wildman–Crippen LogP) is 3.89. The van der Waals surface area contributed by atoms with Crippen LogP contribution >= 0.6 is 11.6 Å². The summed E-state index contributed by atoms with van der Waals surface area (Å²) in [4.78, 5) is 0. The molecule has 2 heterocycles. The van der Waals surface area contributed by atoms with Crippen molar-refractivity contribution in [2.24, 2.45) is 0 Å². The molecule has 0 spiro atoms. The number of fused-ring (bicyclic) bond motifs is 1. The minimum atomic E-state index is -0.996. The van der Waals surface area contributed by atoms with Crippen LogP contribution in [0.4, 0.5) is 0 Å². The Morgan fingerprint density at radius 2 is 1.73 bits per heavy atom. The van der Waals surface area contributed by atoms with Crippen LogP contribution in [-0.2, 0) is 5.60 Å². The van der Waals surface area contributed by atoms with Crippen LogP contribution in [0.3, 0.4) is 0 Å². The third kappa shape index (κ3) is 2.57. The van der Waals surface area contributed by atoms with Crippen LogP contribution < -0.4 is 18.9 Å². The van der Waals surface area contributed by atoms with E-state index in [1.165, 1.54) is 14.2 Å². The highest BCUT2D eigenvalue weighted by Crippen LogP contribution is 2.57. The molecule has 8 heteroatoms. The number of methoxy groups -OCH3 is 2. The summed E-state index contributed by atoms with van der Waals surface area (Å²) >= 11 is 6.56. The van der Waals surface area contributed by atoms with E-state index in [-0.39, 0.29) is 11.8 Å². The summed E-state index contributed by atoms with van der Waals surface area (Å²) < 4.78 is 27.4. The first-order chi connectivity index (χ1) is 12.6. The number of hydrogen-bond acceptors (Lipinski definition) is 7. The normalized spacial score (nSPS) is 18.0. The molecule has 0 bridgehead atoms. The highest BCUT2D eigenvalue weighted by atomic mass is 35.5. The second-order valence-electron chi connectivity index (χ2n) is 6.49. The molecule has 0 amide bonds. The van der Waals surface area contributed by atoms with Gasteiger partial charge in [-0.3, -0.25) is 0 Å². The largest absolute Gasteiger partial charge is 0.492 e. The maximum atomic E-state index is 10.9. The molecule has 0 atom stereocenters. The molecule has 1 aromatic heterocycles. The van der Waals surface area contributed by atoms with Crippen molar-refractivity contribution in [1.29, 1.82) is 0 Å². The molecule has 26 heavy (non-hydrogen) atoms. The minimum absolute atomic E-state index is 0.0473. The summed E-state index contributed by atoms with van der Waals surface area (Å²) in [5, 5.41) is 15.3. The number of aliphatic hydroxyl groups is 1. The summed E-state index contributed by atoms with van der Waals surface area (Å²) in [5.74, 6) is 1.97. The zero-order chi connectivity index (χ0) is 18.3. The first-order valence-electron chi connectivity index (χ1n) is 8.52. The first-order valence-corrected chi connectivity index (χ1v) is 8.90. The van der Waals surface area contributed by atoms with Gasteiger partial charge in [-0.05, 0) is 12.8 Å². The molecule has 2 aromatic rings. The quantitative estimate of drug-likeness (QED) is 0.859. The van der Waals surface area contributed by atoms with Crippen LogP contribution in [0.15, 0.2) is 10.6 Å². The van der Waals surface area contributed by atoms with Gasteiger partial charge in [0.1, 0.15) is 16.3 Å². The number of rotatable bonds is 4. The second-order valence-corrected chi connectivity index (χ2v) is 6.87. The van der Waals surface area contributed by atoms with Crippen molar-refractivity contribution in [3.63, 3.8) is 0 Å². The van der Waals surface area contributed by atoms with Crippen LogP contribution in [0.2, 0.25) is 5.02 Å². The predicted molar refractivity (Wildman–Crippen MR) is 93.2 cm³/mol. The molecule has 1 aliphatic heterocycles. The highest BCUT2D eigenvalue weighted by Gasteiger charge is 2.37. The smallest absolute Gasteiger partial charge is 0.231 e. The van der Waals surface area contributed by atoms with Crippen LogP contribution in [0.5, 0.6) is 23.0 Å². The van der Waals surface area contributed by atoms with Crippen molar-refractivity contribution < 1.29 is 28.6 Å². The van der Waals surface area contributed by atoms with Crippen LogP contribution in [0, 0.1) is 0 Å². The Kier molecular flexibility index (Phi) is 4.36. The summed E-state index contributed by atoms with van der Waals surface area (Å²) in [6, 6.07) is 1.71. The van der Waals surface area contributed by atoms with Crippen molar-refractivity contribution in [1.82, 2.24) is 5.16 Å². The van der Waals surface area contributed by atoms with Gasteiger partial charge in [0, 0.05) is 6.07 Å². The van der Waals surface area contributed by atoms with E-state index in [4.69, 9.17) is 35.1 Å². The average molecular weight is 382 g/mol. The molecular weight excluding hydrogens is 362 g/mol. The van der Waals surface area contributed by atoms with E-state index < -0.39 is 5.60 Å². The molecule has 1 saturated carbocycles. The Morgan fingerprint density at radius 1 is 1.08 bits per heavy atom. The fourth-order valence-corrected chi connectivity index (χ4v) is 3.99. The van der Waals surface area contributed by atoms with Crippen LogP contribution in [-0.4, -0.2) is 31.3 Å². The topological polar surface area (TPSA) is 83.2 Å². The lowest BCUT2D eigenvalue weighted by molar-refractivity contribution is -0.0241. The van der Waals surface area contributed by atoms with E-state index in [0.29, 0.717) is 52.9 Å². The van der Waals surface area contributed by atoms with Crippen molar-refractivity contribution in [3.05, 3.63) is 16.8 Å². The van der Waals surface area contributed by atoms with E-state index in [1.807, 2.05) is 0 Å². The van der Waals surface area contributed by atoms with Crippen molar-refractivity contribution in [2.75, 3.05) is 21.0 Å². The number of benzene rings is 1. The lowest BCUT2D eigenvalue weighted by atomic mass is 9.83. The molecule has 0 unspecified atom stereocenters. The summed E-state index contributed by atoms with van der Waals surface area (Å²) in [6.07, 6.45) is 4.32. The monoisotopic (exact) mass is 381 g/mol. The highest BCUT2D eigenvalue weighted by molar-refractivity contribution is 6.35. The number of hydrogen-bond donors (Lipinski definition) is 1. The SMILES string of the molecule is COc1c(Cl)c(-c2cc(C3(O)CCCCC3)on2)c(OC)c2c1OCO2. The Balaban J connectivity index is 1.84. The summed E-state index contributed by atoms with van der Waals surface area (Å²) in [5.41, 5.74) is -0.0778. The third-order valence-electron chi connectivity index (χ3n) is 4.99. The summed E-state index contributed by atoms with van der Waals surface area (Å²) in [6.45, 7) is 0.0473. The number of nitrogens with zero attached hydrogens (tertiary/aromatic N) is 1. The molecule has 0 saturated heterocycles. The van der Waals surface area contributed by atoms with Crippen LogP contribution in [0.1, 0.15) is 37.9 Å². The number of aromatic nitrogens is 1. The molecule has 140 valence electrons. The average Bonchev–Trinajstić information content (AvgIpc) is 3.31. The Bertz CT molecular complexity index is 828. The Labute approximate surface area is 155 Å². The molecule has 2 aliphatic rings. The van der Waals surface area contributed by atoms with Gasteiger partial charge in [0.25, 0.3) is 0 Å². The van der Waals surface area contributed by atoms with Gasteiger partial charge in [0.15, 0.2) is 17.3 Å². The van der Waals surface area contributed by atoms with Gasteiger partial charge < -0.3 is 28.6 Å². The van der Waals surface area contributed by atoms with Gasteiger partial charge in [-0.2, -0.15) is 0 Å². The molecule has 1 fully saturated rings. The molecule has 1 N–H and O–H groups in total. The van der Waals surface area contributed by atoms with Gasteiger partial charge in [-0.15, -0.1) is 0 Å². The Hall–Kier alpha value is -2.12. The fraction of sp³-hybridized carbons (Fsp3) is 0.500. The van der Waals surface area contributed by atoms with Gasteiger partial charge in [-0.1, -0.05) is 36.0 Å². The van der Waals surface area contributed by atoms with Gasteiger partial charge >= 0.3 is 0 Å². The van der Waals surface area contributed by atoms with E-state index in [9.17, 15) is 5.11 Å². The number of ether oxygens (including phenoxy) is 4. The fourth-order valence-electron chi connectivity index (χ4n) is 3.64. The zero-order valence-corrected chi connectivity index (χ0v) is 15.4. The molecule has 7 nitrogen and oxygen atoms in total. The van der Waals surface area contributed by atoms with Crippen LogP contribution in [0.25, 0.3) is 11.3 Å². The second kappa shape index (κ2) is 6.55. The Morgan fingerprint density at radius 3 is 2.38 bits per heavy atom. The van der Waals surface area contributed by atoms with E-state index in [0.717, 1.165) is 19.3 Å². The maximum absolute atomic E-state index is 10.9. The van der Waals surface area contributed by atoms with E-state index in [2.05, 4.69) is 5.16 Å². The van der Waals surface area contributed by atoms with Gasteiger partial charge in [0.2, 0.25) is 18.3 Å². The summed E-state index contributed by atoms with van der Waals surface area (Å²) in [7, 11) is 3.01.